The fourth-order valence-electron chi connectivity index (χ4n) is 3.86. The molecule has 0 aromatic rings. The number of allylic oxidation sites excluding steroid dienone is 1. The number of rotatable bonds is 1. The Morgan fingerprint density at radius 1 is 1.44 bits per heavy atom. The number of ether oxygens (including phenoxy) is 3. The van der Waals surface area contributed by atoms with Crippen molar-refractivity contribution in [2.24, 2.45) is 0 Å². The maximum absolute atomic E-state index is 12.8. The van der Waals surface area contributed by atoms with Crippen LogP contribution in [0.3, 0.4) is 0 Å². The Bertz CT molecular complexity index is 752. The molecule has 0 amide bonds. The Morgan fingerprint density at radius 3 is 2.85 bits per heavy atom. The first-order chi connectivity index (χ1) is 12.8. The molecule has 0 spiro atoms. The molecule has 7 heteroatoms. The second-order valence-electron chi connectivity index (χ2n) is 7.25. The van der Waals surface area contributed by atoms with Gasteiger partial charge in [-0.3, -0.25) is 9.69 Å². The van der Waals surface area contributed by atoms with Crippen LogP contribution in [0.15, 0.2) is 35.5 Å². The van der Waals surface area contributed by atoms with Crippen LogP contribution in [0.2, 0.25) is 0 Å². The van der Waals surface area contributed by atoms with Gasteiger partial charge in [0.2, 0.25) is 5.60 Å². The number of cyclic esters (lactones) is 1. The molecule has 27 heavy (non-hydrogen) atoms. The first-order valence-corrected chi connectivity index (χ1v) is 9.10. The van der Waals surface area contributed by atoms with Crippen molar-refractivity contribution in [2.75, 3.05) is 19.7 Å². The van der Waals surface area contributed by atoms with Crippen LogP contribution in [0, 0.1) is 0 Å². The zero-order valence-electron chi connectivity index (χ0n) is 15.9. The largest absolute Gasteiger partial charge is 0.458 e. The monoisotopic (exact) mass is 375 g/mol. The van der Waals surface area contributed by atoms with Crippen LogP contribution < -0.4 is 0 Å². The lowest BCUT2D eigenvalue weighted by atomic mass is 9.90. The minimum atomic E-state index is -1.67. The van der Waals surface area contributed by atoms with Gasteiger partial charge in [0.25, 0.3) is 0 Å². The van der Waals surface area contributed by atoms with Gasteiger partial charge >= 0.3 is 17.9 Å². The van der Waals surface area contributed by atoms with Gasteiger partial charge in [0.1, 0.15) is 12.7 Å². The molecule has 0 unspecified atom stereocenters. The maximum atomic E-state index is 12.8. The molecule has 2 saturated heterocycles. The van der Waals surface area contributed by atoms with Crippen LogP contribution >= 0.6 is 0 Å². The second-order valence-corrected chi connectivity index (χ2v) is 7.25. The van der Waals surface area contributed by atoms with Crippen LogP contribution in [0.5, 0.6) is 0 Å². The van der Waals surface area contributed by atoms with Crippen LogP contribution in [0.1, 0.15) is 33.6 Å². The third-order valence-corrected chi connectivity index (χ3v) is 5.47. The number of esters is 3. The standard InChI is InChI=1S/C20H25NO6/c1-5-14-10-12(2)20(4,27-13(3)22)19(24)25-11-15-6-8-21-9-7-16(17(15)21)26-18(14)23/h5-6,16-17H,2,7-11H2,1,3-4H3/b14-5-/t16-,17-,20+/m1/s1. The Balaban J connectivity index is 1.95. The molecule has 2 fully saturated rings. The Hall–Kier alpha value is -2.41. The van der Waals surface area contributed by atoms with Crippen molar-refractivity contribution in [1.29, 1.82) is 0 Å². The van der Waals surface area contributed by atoms with Gasteiger partial charge in [0.05, 0.1) is 6.04 Å². The highest BCUT2D eigenvalue weighted by molar-refractivity contribution is 5.91. The molecule has 146 valence electrons. The van der Waals surface area contributed by atoms with Crippen molar-refractivity contribution in [3.05, 3.63) is 35.5 Å². The summed E-state index contributed by atoms with van der Waals surface area (Å²) >= 11 is 0. The molecule has 0 saturated carbocycles. The minimum absolute atomic E-state index is 0.0536. The van der Waals surface area contributed by atoms with E-state index in [0.29, 0.717) is 5.57 Å². The molecule has 7 nitrogen and oxygen atoms in total. The molecule has 3 rings (SSSR count). The number of hydrogen-bond donors (Lipinski definition) is 0. The lowest BCUT2D eigenvalue weighted by Gasteiger charge is -2.31. The summed E-state index contributed by atoms with van der Waals surface area (Å²) < 4.78 is 16.6. The van der Waals surface area contributed by atoms with E-state index in [1.807, 2.05) is 6.08 Å². The molecule has 3 aliphatic rings. The highest BCUT2D eigenvalue weighted by Gasteiger charge is 2.46. The summed E-state index contributed by atoms with van der Waals surface area (Å²) in [5.74, 6) is -1.76. The average molecular weight is 375 g/mol. The van der Waals surface area contributed by atoms with Crippen LogP contribution in [0.4, 0.5) is 0 Å². The Labute approximate surface area is 158 Å². The molecule has 3 heterocycles. The fraction of sp³-hybridized carbons (Fsp3) is 0.550. The summed E-state index contributed by atoms with van der Waals surface area (Å²) in [6.07, 6.45) is 4.16. The summed E-state index contributed by atoms with van der Waals surface area (Å²) in [6.45, 7) is 9.89. The van der Waals surface area contributed by atoms with Crippen molar-refractivity contribution in [1.82, 2.24) is 4.90 Å². The van der Waals surface area contributed by atoms with E-state index in [9.17, 15) is 14.4 Å². The van der Waals surface area contributed by atoms with Crippen molar-refractivity contribution in [3.63, 3.8) is 0 Å². The molecule has 0 radical (unpaired) electrons. The summed E-state index contributed by atoms with van der Waals surface area (Å²) in [5, 5.41) is 0. The van der Waals surface area contributed by atoms with Crippen molar-refractivity contribution >= 4 is 17.9 Å². The third kappa shape index (κ3) is 3.56. The minimum Gasteiger partial charge on any atom is -0.458 e. The summed E-state index contributed by atoms with van der Waals surface area (Å²) in [6, 6.07) is -0.0811. The zero-order valence-corrected chi connectivity index (χ0v) is 15.9. The molecule has 3 atom stereocenters. The van der Waals surface area contributed by atoms with Gasteiger partial charge in [-0.05, 0) is 31.4 Å². The summed E-state index contributed by atoms with van der Waals surface area (Å²) in [5.41, 5.74) is -0.142. The molecular weight excluding hydrogens is 350 g/mol. The lowest BCUT2D eigenvalue weighted by Crippen LogP contribution is -2.45. The number of nitrogens with zero attached hydrogens (tertiary/aromatic N) is 1. The van der Waals surface area contributed by atoms with Crippen LogP contribution in [0.25, 0.3) is 0 Å². The molecule has 3 aliphatic heterocycles. The van der Waals surface area contributed by atoms with Gasteiger partial charge in [0, 0.05) is 32.0 Å². The van der Waals surface area contributed by atoms with E-state index in [0.717, 1.165) is 25.1 Å². The van der Waals surface area contributed by atoms with Gasteiger partial charge in [-0.15, -0.1) is 0 Å². The highest BCUT2D eigenvalue weighted by Crippen LogP contribution is 2.34. The first kappa shape index (κ1) is 19.4. The Morgan fingerprint density at radius 2 is 2.19 bits per heavy atom. The van der Waals surface area contributed by atoms with E-state index < -0.39 is 23.5 Å². The smallest absolute Gasteiger partial charge is 0.355 e. The molecule has 0 aromatic heterocycles. The quantitative estimate of drug-likeness (QED) is 0.298. The van der Waals surface area contributed by atoms with Gasteiger partial charge in [0.15, 0.2) is 0 Å². The van der Waals surface area contributed by atoms with Crippen molar-refractivity contribution in [3.8, 4) is 0 Å². The van der Waals surface area contributed by atoms with Gasteiger partial charge in [-0.25, -0.2) is 9.59 Å². The van der Waals surface area contributed by atoms with Crippen molar-refractivity contribution in [2.45, 2.75) is 51.4 Å². The van der Waals surface area contributed by atoms with Gasteiger partial charge in [-0.2, -0.15) is 0 Å². The van der Waals surface area contributed by atoms with Gasteiger partial charge < -0.3 is 14.2 Å². The predicted octanol–water partition coefficient (Wildman–Crippen LogP) is 1.68. The van der Waals surface area contributed by atoms with E-state index in [2.05, 4.69) is 11.5 Å². The zero-order chi connectivity index (χ0) is 19.8. The predicted molar refractivity (Wildman–Crippen MR) is 96.6 cm³/mol. The van der Waals surface area contributed by atoms with Crippen molar-refractivity contribution < 1.29 is 28.6 Å². The van der Waals surface area contributed by atoms with Crippen LogP contribution in [-0.4, -0.2) is 60.3 Å². The van der Waals surface area contributed by atoms with Gasteiger partial charge in [-0.1, -0.05) is 18.7 Å². The number of carbonyl (C=O) groups excluding carboxylic acids is 3. The Kier molecular flexibility index (Phi) is 5.24. The van der Waals surface area contributed by atoms with E-state index in [4.69, 9.17) is 14.2 Å². The fourth-order valence-corrected chi connectivity index (χ4v) is 3.86. The topological polar surface area (TPSA) is 82.1 Å². The summed E-state index contributed by atoms with van der Waals surface area (Å²) in [4.78, 5) is 39.3. The molecular formula is C20H25NO6. The molecule has 0 N–H and O–H groups in total. The van der Waals surface area contributed by atoms with E-state index in [-0.39, 0.29) is 30.7 Å². The SMILES string of the molecule is C=C1C/C(=C/C)C(=O)O[C@@H]2CCN3CC=C(COC(=O)[C@@]1(C)OC(C)=O)[C@H]23. The van der Waals surface area contributed by atoms with E-state index in [1.54, 1.807) is 13.0 Å². The first-order valence-electron chi connectivity index (χ1n) is 9.10. The van der Waals surface area contributed by atoms with E-state index >= 15 is 0 Å². The molecule has 0 aromatic carbocycles. The molecule has 0 bridgehead atoms. The average Bonchev–Trinajstić information content (AvgIpc) is 3.18. The lowest BCUT2D eigenvalue weighted by molar-refractivity contribution is -0.174. The third-order valence-electron chi connectivity index (χ3n) is 5.47. The molecule has 0 aliphatic carbocycles. The number of carbonyl (C=O) groups is 3. The normalized spacial score (nSPS) is 33.5. The van der Waals surface area contributed by atoms with E-state index in [1.165, 1.54) is 13.8 Å². The van der Waals surface area contributed by atoms with Crippen LogP contribution in [-0.2, 0) is 28.6 Å². The second kappa shape index (κ2) is 7.31. The summed E-state index contributed by atoms with van der Waals surface area (Å²) in [7, 11) is 0. The maximum Gasteiger partial charge on any atom is 0.355 e. The number of hydrogen-bond acceptors (Lipinski definition) is 7. The highest BCUT2D eigenvalue weighted by atomic mass is 16.6.